The Bertz CT molecular complexity index is 307. The third-order valence-electron chi connectivity index (χ3n) is 6.08. The Kier molecular flexibility index (Phi) is 6.14. The minimum absolute atomic E-state index is 0.298. The van der Waals surface area contributed by atoms with Gasteiger partial charge in [0.1, 0.15) is 0 Å². The lowest BCUT2D eigenvalue weighted by Crippen LogP contribution is -2.60. The smallest absolute Gasteiger partial charge is 0.0337 e. The third kappa shape index (κ3) is 4.01. The molecule has 2 heteroatoms. The molecular weight excluding hydrogens is 256 g/mol. The Balaban J connectivity index is 2.18. The summed E-state index contributed by atoms with van der Waals surface area (Å²) in [5.74, 6) is 2.74. The van der Waals surface area contributed by atoms with E-state index in [9.17, 15) is 0 Å². The maximum Gasteiger partial charge on any atom is 0.0337 e. The Labute approximate surface area is 132 Å². The fourth-order valence-corrected chi connectivity index (χ4v) is 4.77. The summed E-state index contributed by atoms with van der Waals surface area (Å²) in [6, 6.07) is 0.717. The van der Waals surface area contributed by atoms with E-state index in [4.69, 9.17) is 5.73 Å². The highest BCUT2D eigenvalue weighted by Crippen LogP contribution is 2.48. The van der Waals surface area contributed by atoms with Gasteiger partial charge < -0.3 is 5.73 Å². The predicted octanol–water partition coefficient (Wildman–Crippen LogP) is 4.43. The van der Waals surface area contributed by atoms with Crippen molar-refractivity contribution in [1.29, 1.82) is 0 Å². The van der Waals surface area contributed by atoms with Gasteiger partial charge in [-0.25, -0.2) is 0 Å². The van der Waals surface area contributed by atoms with Crippen molar-refractivity contribution in [3.63, 3.8) is 0 Å². The first kappa shape index (κ1) is 17.3. The van der Waals surface area contributed by atoms with E-state index in [1.165, 1.54) is 57.9 Å². The van der Waals surface area contributed by atoms with Gasteiger partial charge in [-0.15, -0.1) is 0 Å². The highest BCUT2D eigenvalue weighted by molar-refractivity contribution is 5.01. The number of rotatable bonds is 8. The van der Waals surface area contributed by atoms with Crippen molar-refractivity contribution in [3.05, 3.63) is 0 Å². The second kappa shape index (κ2) is 7.46. The summed E-state index contributed by atoms with van der Waals surface area (Å²) in [7, 11) is 0. The molecule has 2 unspecified atom stereocenters. The van der Waals surface area contributed by atoms with Gasteiger partial charge in [0, 0.05) is 24.7 Å². The summed E-state index contributed by atoms with van der Waals surface area (Å²) in [5.41, 5.74) is 6.70. The van der Waals surface area contributed by atoms with Crippen molar-refractivity contribution in [3.8, 4) is 0 Å². The quantitative estimate of drug-likeness (QED) is 0.717. The van der Waals surface area contributed by atoms with Crippen LogP contribution < -0.4 is 5.73 Å². The first-order valence-corrected chi connectivity index (χ1v) is 9.53. The molecule has 2 atom stereocenters. The zero-order valence-corrected chi connectivity index (χ0v) is 14.9. The normalized spacial score (nSPS) is 30.6. The summed E-state index contributed by atoms with van der Waals surface area (Å²) < 4.78 is 0. The van der Waals surface area contributed by atoms with Gasteiger partial charge >= 0.3 is 0 Å². The van der Waals surface area contributed by atoms with Crippen LogP contribution in [0.25, 0.3) is 0 Å². The molecular formula is C19H38N2. The fourth-order valence-electron chi connectivity index (χ4n) is 4.77. The van der Waals surface area contributed by atoms with Crippen LogP contribution in [0.1, 0.15) is 79.1 Å². The first-order valence-electron chi connectivity index (χ1n) is 9.53. The number of nitrogens with zero attached hydrogens (tertiary/aromatic N) is 1. The van der Waals surface area contributed by atoms with Crippen LogP contribution in [-0.2, 0) is 0 Å². The molecule has 2 aliphatic rings. The molecule has 0 aromatic carbocycles. The van der Waals surface area contributed by atoms with Crippen molar-refractivity contribution < 1.29 is 0 Å². The zero-order chi connectivity index (χ0) is 15.5. The van der Waals surface area contributed by atoms with E-state index in [1.54, 1.807) is 0 Å². The minimum Gasteiger partial charge on any atom is -0.329 e. The van der Waals surface area contributed by atoms with E-state index >= 15 is 0 Å². The van der Waals surface area contributed by atoms with Crippen LogP contribution >= 0.6 is 0 Å². The van der Waals surface area contributed by atoms with Gasteiger partial charge in [-0.1, -0.05) is 40.5 Å². The lowest BCUT2D eigenvalue weighted by Gasteiger charge is -2.52. The monoisotopic (exact) mass is 294 g/mol. The second-order valence-corrected chi connectivity index (χ2v) is 8.14. The van der Waals surface area contributed by atoms with Gasteiger partial charge in [0.05, 0.1) is 0 Å². The molecule has 0 amide bonds. The van der Waals surface area contributed by atoms with Crippen molar-refractivity contribution in [2.24, 2.45) is 23.5 Å². The average molecular weight is 295 g/mol. The van der Waals surface area contributed by atoms with E-state index in [-0.39, 0.29) is 0 Å². The number of hydrogen-bond donors (Lipinski definition) is 1. The van der Waals surface area contributed by atoms with Crippen LogP contribution in [0.3, 0.4) is 0 Å². The molecule has 0 heterocycles. The second-order valence-electron chi connectivity index (χ2n) is 8.14. The minimum atomic E-state index is 0.298. The van der Waals surface area contributed by atoms with Crippen LogP contribution in [0.15, 0.2) is 0 Å². The molecule has 2 fully saturated rings. The lowest BCUT2D eigenvalue weighted by atomic mass is 9.71. The molecule has 0 aromatic heterocycles. The molecule has 0 aromatic rings. The molecule has 0 saturated heterocycles. The summed E-state index contributed by atoms with van der Waals surface area (Å²) in [6.07, 6.45) is 11.1. The van der Waals surface area contributed by atoms with Gasteiger partial charge in [-0.2, -0.15) is 0 Å². The molecule has 2 aliphatic carbocycles. The lowest BCUT2D eigenvalue weighted by molar-refractivity contribution is -0.0127. The van der Waals surface area contributed by atoms with Gasteiger partial charge in [0.25, 0.3) is 0 Å². The van der Waals surface area contributed by atoms with Crippen molar-refractivity contribution in [2.45, 2.75) is 90.6 Å². The molecule has 124 valence electrons. The molecule has 0 aliphatic heterocycles. The van der Waals surface area contributed by atoms with Crippen molar-refractivity contribution in [1.82, 2.24) is 4.90 Å². The van der Waals surface area contributed by atoms with E-state index in [0.29, 0.717) is 11.6 Å². The molecule has 0 radical (unpaired) electrons. The zero-order valence-electron chi connectivity index (χ0n) is 14.9. The molecule has 2 saturated carbocycles. The van der Waals surface area contributed by atoms with Gasteiger partial charge in [-0.05, 0) is 56.3 Å². The van der Waals surface area contributed by atoms with E-state index < -0.39 is 0 Å². The number of hydrogen-bond acceptors (Lipinski definition) is 2. The average Bonchev–Trinajstić information content (AvgIpc) is 3.32. The summed E-state index contributed by atoms with van der Waals surface area (Å²) in [6.45, 7) is 11.5. The Morgan fingerprint density at radius 1 is 1.10 bits per heavy atom. The van der Waals surface area contributed by atoms with Crippen LogP contribution in [0, 0.1) is 17.8 Å². The molecule has 0 bridgehead atoms. The topological polar surface area (TPSA) is 29.3 Å². The van der Waals surface area contributed by atoms with Crippen LogP contribution in [0.5, 0.6) is 0 Å². The van der Waals surface area contributed by atoms with Crippen LogP contribution in [-0.4, -0.2) is 29.6 Å². The molecule has 21 heavy (non-hydrogen) atoms. The van der Waals surface area contributed by atoms with Crippen molar-refractivity contribution in [2.75, 3.05) is 13.1 Å². The Hall–Kier alpha value is -0.0800. The van der Waals surface area contributed by atoms with Crippen LogP contribution in [0.2, 0.25) is 0 Å². The Morgan fingerprint density at radius 3 is 2.24 bits per heavy atom. The fraction of sp³-hybridized carbons (Fsp3) is 1.00. The standard InChI is InChI=1S/C19H38N2/c1-5-18(6-2)21(13-15(3)4)19(14-20)11-7-8-17(12-19)16-9-10-16/h15-18H,5-14,20H2,1-4H3. The van der Waals surface area contributed by atoms with E-state index in [1.807, 2.05) is 0 Å². The highest BCUT2D eigenvalue weighted by atomic mass is 15.2. The van der Waals surface area contributed by atoms with E-state index in [2.05, 4.69) is 32.6 Å². The molecule has 2 N–H and O–H groups in total. The SMILES string of the molecule is CCC(CC)N(CC(C)C)C1(CN)CCCC(C2CC2)C1. The van der Waals surface area contributed by atoms with Gasteiger partial charge in [0.15, 0.2) is 0 Å². The maximum atomic E-state index is 6.40. The number of nitrogens with two attached hydrogens (primary N) is 1. The largest absolute Gasteiger partial charge is 0.329 e. The molecule has 2 nitrogen and oxygen atoms in total. The van der Waals surface area contributed by atoms with Gasteiger partial charge in [-0.3, -0.25) is 4.90 Å². The summed E-state index contributed by atoms with van der Waals surface area (Å²) in [4.78, 5) is 2.85. The summed E-state index contributed by atoms with van der Waals surface area (Å²) >= 11 is 0. The summed E-state index contributed by atoms with van der Waals surface area (Å²) in [5, 5.41) is 0. The maximum absolute atomic E-state index is 6.40. The molecule has 0 spiro atoms. The van der Waals surface area contributed by atoms with Gasteiger partial charge in [0.2, 0.25) is 0 Å². The molecule has 2 rings (SSSR count). The van der Waals surface area contributed by atoms with Crippen LogP contribution in [0.4, 0.5) is 0 Å². The Morgan fingerprint density at radius 2 is 1.76 bits per heavy atom. The highest BCUT2D eigenvalue weighted by Gasteiger charge is 2.45. The predicted molar refractivity (Wildman–Crippen MR) is 92.4 cm³/mol. The van der Waals surface area contributed by atoms with E-state index in [0.717, 1.165) is 24.3 Å². The van der Waals surface area contributed by atoms with Crippen molar-refractivity contribution >= 4 is 0 Å². The third-order valence-corrected chi connectivity index (χ3v) is 6.08. The first-order chi connectivity index (χ1) is 10.1.